The molecule has 1 N–H and O–H groups in total. The first kappa shape index (κ1) is 14.4. The number of hydrogen-bond acceptors (Lipinski definition) is 3. The molecule has 0 aromatic heterocycles. The van der Waals surface area contributed by atoms with Crippen LogP contribution in [0.1, 0.15) is 37.9 Å². The Hall–Kier alpha value is -0.580. The second-order valence-corrected chi connectivity index (χ2v) is 6.87. The Morgan fingerprint density at radius 3 is 2.65 bits per heavy atom. The van der Waals surface area contributed by atoms with Gasteiger partial charge in [0, 0.05) is 29.3 Å². The van der Waals surface area contributed by atoms with E-state index in [9.17, 15) is 5.11 Å². The molecule has 0 aliphatic carbocycles. The van der Waals surface area contributed by atoms with Gasteiger partial charge in [0.1, 0.15) is 0 Å². The summed E-state index contributed by atoms with van der Waals surface area (Å²) in [5.41, 5.74) is 2.23. The second-order valence-electron chi connectivity index (χ2n) is 6.01. The van der Waals surface area contributed by atoms with E-state index < -0.39 is 6.10 Å². The number of halogens is 1. The Bertz CT molecular complexity index is 472. The fraction of sp³-hybridized carbons (Fsp3) is 0.625. The molecule has 1 unspecified atom stereocenters. The molecule has 3 nitrogen and oxygen atoms in total. The molecule has 0 spiro atoms. The van der Waals surface area contributed by atoms with Gasteiger partial charge in [-0.3, -0.25) is 4.90 Å². The van der Waals surface area contributed by atoms with Crippen molar-refractivity contribution in [3.8, 4) is 0 Å². The minimum atomic E-state index is -0.422. The third-order valence-corrected chi connectivity index (χ3v) is 5.31. The molecule has 3 rings (SSSR count). The van der Waals surface area contributed by atoms with Crippen LogP contribution in [0.4, 0.5) is 5.69 Å². The van der Waals surface area contributed by atoms with Crippen molar-refractivity contribution in [2.24, 2.45) is 0 Å². The second kappa shape index (κ2) is 6.04. The van der Waals surface area contributed by atoms with Gasteiger partial charge in [-0.25, -0.2) is 0 Å². The molecule has 0 radical (unpaired) electrons. The van der Waals surface area contributed by atoms with Crippen molar-refractivity contribution < 1.29 is 5.11 Å². The van der Waals surface area contributed by atoms with Gasteiger partial charge in [0.15, 0.2) is 0 Å². The van der Waals surface area contributed by atoms with E-state index in [1.807, 2.05) is 6.07 Å². The molecule has 20 heavy (non-hydrogen) atoms. The topological polar surface area (TPSA) is 26.7 Å². The molecule has 0 saturated carbocycles. The van der Waals surface area contributed by atoms with Gasteiger partial charge in [0.25, 0.3) is 0 Å². The highest BCUT2D eigenvalue weighted by Gasteiger charge is 2.29. The fourth-order valence-corrected chi connectivity index (χ4v) is 4.13. The van der Waals surface area contributed by atoms with E-state index in [1.54, 1.807) is 6.92 Å². The van der Waals surface area contributed by atoms with Crippen LogP contribution in [0.5, 0.6) is 0 Å². The first-order valence-electron chi connectivity index (χ1n) is 7.61. The van der Waals surface area contributed by atoms with Gasteiger partial charge in [-0.1, -0.05) is 22.0 Å². The first-order valence-corrected chi connectivity index (χ1v) is 8.41. The average molecular weight is 339 g/mol. The number of benzene rings is 1. The van der Waals surface area contributed by atoms with Crippen molar-refractivity contribution in [3.05, 3.63) is 28.2 Å². The van der Waals surface area contributed by atoms with Crippen LogP contribution in [-0.2, 0) is 0 Å². The molecular formula is C16H23BrN2O. The van der Waals surface area contributed by atoms with E-state index >= 15 is 0 Å². The largest absolute Gasteiger partial charge is 0.389 e. The Labute approximate surface area is 129 Å². The van der Waals surface area contributed by atoms with Crippen molar-refractivity contribution in [1.29, 1.82) is 0 Å². The summed E-state index contributed by atoms with van der Waals surface area (Å²) in [5, 5.41) is 9.70. The highest BCUT2D eigenvalue weighted by molar-refractivity contribution is 9.10. The highest BCUT2D eigenvalue weighted by atomic mass is 79.9. The molecule has 110 valence electrons. The number of aliphatic hydroxyl groups is 1. The SMILES string of the molecule is C[C@@H](O)c1ccc(N2CCC(N3CCCC3)C2)cc1Br. The molecule has 4 heteroatoms. The van der Waals surface area contributed by atoms with Gasteiger partial charge in [-0.15, -0.1) is 0 Å². The maximum atomic E-state index is 9.70. The van der Waals surface area contributed by atoms with E-state index in [4.69, 9.17) is 0 Å². The summed E-state index contributed by atoms with van der Waals surface area (Å²) < 4.78 is 1.01. The lowest BCUT2D eigenvalue weighted by molar-refractivity contribution is 0.198. The van der Waals surface area contributed by atoms with E-state index in [0.717, 1.165) is 29.2 Å². The lowest BCUT2D eigenvalue weighted by atomic mass is 10.1. The van der Waals surface area contributed by atoms with Crippen LogP contribution in [-0.4, -0.2) is 42.2 Å². The van der Waals surface area contributed by atoms with Gasteiger partial charge in [-0.05, 0) is 57.0 Å². The number of likely N-dealkylation sites (tertiary alicyclic amines) is 1. The zero-order chi connectivity index (χ0) is 14.1. The molecule has 2 atom stereocenters. The van der Waals surface area contributed by atoms with Crippen molar-refractivity contribution in [2.45, 2.75) is 38.3 Å². The van der Waals surface area contributed by atoms with Crippen molar-refractivity contribution in [1.82, 2.24) is 4.90 Å². The molecule has 0 amide bonds. The van der Waals surface area contributed by atoms with E-state index in [-0.39, 0.29) is 0 Å². The van der Waals surface area contributed by atoms with Crippen LogP contribution < -0.4 is 4.90 Å². The quantitative estimate of drug-likeness (QED) is 0.916. The third-order valence-electron chi connectivity index (χ3n) is 4.62. The van der Waals surface area contributed by atoms with Gasteiger partial charge >= 0.3 is 0 Å². The number of anilines is 1. The molecule has 1 aromatic rings. The predicted molar refractivity (Wildman–Crippen MR) is 86.2 cm³/mol. The van der Waals surface area contributed by atoms with Crippen molar-refractivity contribution in [3.63, 3.8) is 0 Å². The van der Waals surface area contributed by atoms with Crippen LogP contribution in [0, 0.1) is 0 Å². The third kappa shape index (κ3) is 2.87. The summed E-state index contributed by atoms with van der Waals surface area (Å²) in [7, 11) is 0. The molecule has 2 heterocycles. The van der Waals surface area contributed by atoms with Gasteiger partial charge < -0.3 is 10.0 Å². The fourth-order valence-electron chi connectivity index (χ4n) is 3.43. The first-order chi connectivity index (χ1) is 9.65. The summed E-state index contributed by atoms with van der Waals surface area (Å²) in [6.07, 6.45) is 3.58. The number of rotatable bonds is 3. The molecule has 2 saturated heterocycles. The number of nitrogens with zero attached hydrogens (tertiary/aromatic N) is 2. The van der Waals surface area contributed by atoms with E-state index in [2.05, 4.69) is 37.9 Å². The summed E-state index contributed by atoms with van der Waals surface area (Å²) >= 11 is 3.58. The Morgan fingerprint density at radius 2 is 2.00 bits per heavy atom. The van der Waals surface area contributed by atoms with Crippen LogP contribution >= 0.6 is 15.9 Å². The van der Waals surface area contributed by atoms with Crippen LogP contribution in [0.25, 0.3) is 0 Å². The van der Waals surface area contributed by atoms with E-state index in [1.165, 1.54) is 38.0 Å². The number of hydrogen-bond donors (Lipinski definition) is 1. The molecule has 2 fully saturated rings. The molecule has 0 bridgehead atoms. The minimum Gasteiger partial charge on any atom is -0.389 e. The van der Waals surface area contributed by atoms with Gasteiger partial charge in [-0.2, -0.15) is 0 Å². The van der Waals surface area contributed by atoms with Gasteiger partial charge in [0.2, 0.25) is 0 Å². The van der Waals surface area contributed by atoms with E-state index in [0.29, 0.717) is 0 Å². The number of aliphatic hydroxyl groups excluding tert-OH is 1. The summed E-state index contributed by atoms with van der Waals surface area (Å²) in [6.45, 7) is 6.65. The van der Waals surface area contributed by atoms with Crippen LogP contribution in [0.15, 0.2) is 22.7 Å². The Kier molecular flexibility index (Phi) is 4.34. The Balaban J connectivity index is 1.69. The zero-order valence-corrected chi connectivity index (χ0v) is 13.6. The molecular weight excluding hydrogens is 316 g/mol. The molecule has 1 aromatic carbocycles. The van der Waals surface area contributed by atoms with Crippen molar-refractivity contribution in [2.75, 3.05) is 31.1 Å². The smallest absolute Gasteiger partial charge is 0.0772 e. The van der Waals surface area contributed by atoms with Crippen molar-refractivity contribution >= 4 is 21.6 Å². The highest BCUT2D eigenvalue weighted by Crippen LogP contribution is 2.31. The Morgan fingerprint density at radius 1 is 1.25 bits per heavy atom. The summed E-state index contributed by atoms with van der Waals surface area (Å²) in [6, 6.07) is 7.05. The minimum absolute atomic E-state index is 0.422. The standard InChI is InChI=1S/C16H23BrN2O/c1-12(20)15-5-4-13(10-16(15)17)19-9-6-14(11-19)18-7-2-3-8-18/h4-5,10,12,14,20H,2-3,6-9,11H2,1H3/t12-,14?/m1/s1. The summed E-state index contributed by atoms with van der Waals surface area (Å²) in [5.74, 6) is 0. The monoisotopic (exact) mass is 338 g/mol. The lowest BCUT2D eigenvalue weighted by Gasteiger charge is -2.25. The van der Waals surface area contributed by atoms with Crippen LogP contribution in [0.3, 0.4) is 0 Å². The predicted octanol–water partition coefficient (Wildman–Crippen LogP) is 3.18. The molecule has 2 aliphatic heterocycles. The normalized spacial score (nSPS) is 25.4. The molecule has 2 aliphatic rings. The van der Waals surface area contributed by atoms with Crippen LogP contribution in [0.2, 0.25) is 0 Å². The summed E-state index contributed by atoms with van der Waals surface area (Å²) in [4.78, 5) is 5.12. The van der Waals surface area contributed by atoms with Gasteiger partial charge in [0.05, 0.1) is 6.10 Å². The maximum absolute atomic E-state index is 9.70. The average Bonchev–Trinajstić information content (AvgIpc) is 3.09. The zero-order valence-electron chi connectivity index (χ0n) is 12.1. The maximum Gasteiger partial charge on any atom is 0.0772 e. The lowest BCUT2D eigenvalue weighted by Crippen LogP contribution is -2.35.